The van der Waals surface area contributed by atoms with E-state index >= 15 is 0 Å². The third-order valence-corrected chi connectivity index (χ3v) is 3.46. The SMILES string of the molecule is COc1ccc([C@H]2CC(=O)c3ccccc3N2)cc1. The zero-order valence-corrected chi connectivity index (χ0v) is 10.7. The number of hydrogen-bond acceptors (Lipinski definition) is 3. The van der Waals surface area contributed by atoms with Crippen LogP contribution in [0.1, 0.15) is 28.4 Å². The highest BCUT2D eigenvalue weighted by molar-refractivity contribution is 6.03. The molecular formula is C16H15NO2. The van der Waals surface area contributed by atoms with Gasteiger partial charge in [0.15, 0.2) is 5.78 Å². The maximum absolute atomic E-state index is 12.1. The first-order valence-electron chi connectivity index (χ1n) is 6.30. The summed E-state index contributed by atoms with van der Waals surface area (Å²) in [6, 6.07) is 15.5. The van der Waals surface area contributed by atoms with E-state index in [2.05, 4.69) is 5.32 Å². The molecule has 0 radical (unpaired) electrons. The summed E-state index contributed by atoms with van der Waals surface area (Å²) in [6.45, 7) is 0. The molecule has 0 unspecified atom stereocenters. The molecule has 0 saturated carbocycles. The molecule has 2 aromatic rings. The standard InChI is InChI=1S/C16H15NO2/c1-19-12-8-6-11(7-9-12)15-10-16(18)13-4-2-3-5-14(13)17-15/h2-9,15,17H,10H2,1H3/t15-/m1/s1. The number of Topliss-reactive ketones (excluding diaryl/α,β-unsaturated/α-hetero) is 1. The van der Waals surface area contributed by atoms with Gasteiger partial charge in [0.1, 0.15) is 5.75 Å². The van der Waals surface area contributed by atoms with Gasteiger partial charge < -0.3 is 10.1 Å². The second kappa shape index (κ2) is 4.76. The van der Waals surface area contributed by atoms with E-state index in [0.29, 0.717) is 6.42 Å². The number of ketones is 1. The maximum Gasteiger partial charge on any atom is 0.167 e. The number of methoxy groups -OCH3 is 1. The van der Waals surface area contributed by atoms with Crippen molar-refractivity contribution in [3.8, 4) is 5.75 Å². The average Bonchev–Trinajstić information content (AvgIpc) is 2.47. The highest BCUT2D eigenvalue weighted by Crippen LogP contribution is 2.32. The Kier molecular flexibility index (Phi) is 2.95. The van der Waals surface area contributed by atoms with Crippen LogP contribution < -0.4 is 10.1 Å². The smallest absolute Gasteiger partial charge is 0.167 e. The highest BCUT2D eigenvalue weighted by Gasteiger charge is 2.24. The van der Waals surface area contributed by atoms with Gasteiger partial charge in [-0.1, -0.05) is 24.3 Å². The quantitative estimate of drug-likeness (QED) is 0.891. The average molecular weight is 253 g/mol. The lowest BCUT2D eigenvalue weighted by atomic mass is 9.92. The maximum atomic E-state index is 12.1. The van der Waals surface area contributed by atoms with Gasteiger partial charge in [-0.05, 0) is 29.8 Å². The van der Waals surface area contributed by atoms with Gasteiger partial charge in [0.2, 0.25) is 0 Å². The Balaban J connectivity index is 1.90. The predicted octanol–water partition coefficient (Wildman–Crippen LogP) is 3.43. The summed E-state index contributed by atoms with van der Waals surface area (Å²) in [5.41, 5.74) is 2.80. The van der Waals surface area contributed by atoms with Crippen LogP contribution in [-0.4, -0.2) is 12.9 Å². The third kappa shape index (κ3) is 2.19. The summed E-state index contributed by atoms with van der Waals surface area (Å²) < 4.78 is 5.15. The number of carbonyl (C=O) groups is 1. The van der Waals surface area contributed by atoms with E-state index in [1.807, 2.05) is 48.5 Å². The molecule has 1 N–H and O–H groups in total. The molecule has 2 aromatic carbocycles. The van der Waals surface area contributed by atoms with Crippen molar-refractivity contribution in [1.29, 1.82) is 0 Å². The zero-order valence-electron chi connectivity index (χ0n) is 10.7. The molecule has 3 nitrogen and oxygen atoms in total. The van der Waals surface area contributed by atoms with Gasteiger partial charge in [-0.15, -0.1) is 0 Å². The van der Waals surface area contributed by atoms with Gasteiger partial charge in [-0.25, -0.2) is 0 Å². The fraction of sp³-hybridized carbons (Fsp3) is 0.188. The van der Waals surface area contributed by atoms with Crippen LogP contribution in [-0.2, 0) is 0 Å². The summed E-state index contributed by atoms with van der Waals surface area (Å²) in [5, 5.41) is 3.42. The summed E-state index contributed by atoms with van der Waals surface area (Å²) in [4.78, 5) is 12.1. The van der Waals surface area contributed by atoms with Crippen molar-refractivity contribution in [2.24, 2.45) is 0 Å². The van der Waals surface area contributed by atoms with Crippen LogP contribution in [0, 0.1) is 0 Å². The minimum Gasteiger partial charge on any atom is -0.497 e. The number of benzene rings is 2. The lowest BCUT2D eigenvalue weighted by Crippen LogP contribution is -2.22. The van der Waals surface area contributed by atoms with Gasteiger partial charge in [0, 0.05) is 17.7 Å². The van der Waals surface area contributed by atoms with Crippen LogP contribution in [0.4, 0.5) is 5.69 Å². The summed E-state index contributed by atoms with van der Waals surface area (Å²) in [7, 11) is 1.65. The van der Waals surface area contributed by atoms with Crippen molar-refractivity contribution in [1.82, 2.24) is 0 Å². The van der Waals surface area contributed by atoms with E-state index in [-0.39, 0.29) is 11.8 Å². The van der Waals surface area contributed by atoms with Crippen LogP contribution in [0.25, 0.3) is 0 Å². The number of carbonyl (C=O) groups excluding carboxylic acids is 1. The van der Waals surface area contributed by atoms with Crippen LogP contribution in [0.2, 0.25) is 0 Å². The first-order chi connectivity index (χ1) is 9.28. The van der Waals surface area contributed by atoms with Gasteiger partial charge in [-0.2, -0.15) is 0 Å². The molecule has 1 aliphatic rings. The predicted molar refractivity (Wildman–Crippen MR) is 74.7 cm³/mol. The minimum absolute atomic E-state index is 0.0355. The number of fused-ring (bicyclic) bond motifs is 1. The molecule has 3 rings (SSSR count). The first-order valence-corrected chi connectivity index (χ1v) is 6.30. The molecule has 1 aliphatic heterocycles. The lowest BCUT2D eigenvalue weighted by Gasteiger charge is -2.26. The number of hydrogen-bond donors (Lipinski definition) is 1. The Hall–Kier alpha value is -2.29. The Morgan fingerprint density at radius 2 is 1.84 bits per heavy atom. The zero-order chi connectivity index (χ0) is 13.2. The highest BCUT2D eigenvalue weighted by atomic mass is 16.5. The van der Waals surface area contributed by atoms with Crippen molar-refractivity contribution >= 4 is 11.5 Å². The van der Waals surface area contributed by atoms with E-state index < -0.39 is 0 Å². The Morgan fingerprint density at radius 1 is 1.11 bits per heavy atom. The molecule has 0 aromatic heterocycles. The summed E-state index contributed by atoms with van der Waals surface area (Å²) >= 11 is 0. The van der Waals surface area contributed by atoms with Gasteiger partial charge in [-0.3, -0.25) is 4.79 Å². The molecule has 1 heterocycles. The Bertz CT molecular complexity index is 604. The van der Waals surface area contributed by atoms with Crippen molar-refractivity contribution in [2.45, 2.75) is 12.5 Å². The molecule has 1 atom stereocenters. The van der Waals surface area contributed by atoms with Crippen molar-refractivity contribution in [2.75, 3.05) is 12.4 Å². The van der Waals surface area contributed by atoms with E-state index in [1.165, 1.54) is 0 Å². The second-order valence-corrected chi connectivity index (χ2v) is 4.64. The van der Waals surface area contributed by atoms with Gasteiger partial charge >= 0.3 is 0 Å². The molecular weight excluding hydrogens is 238 g/mol. The fourth-order valence-corrected chi connectivity index (χ4v) is 2.42. The molecule has 19 heavy (non-hydrogen) atoms. The number of ether oxygens (including phenoxy) is 1. The number of nitrogens with one attached hydrogen (secondary N) is 1. The fourth-order valence-electron chi connectivity index (χ4n) is 2.42. The molecule has 0 bridgehead atoms. The molecule has 0 aliphatic carbocycles. The van der Waals surface area contributed by atoms with Gasteiger partial charge in [0.25, 0.3) is 0 Å². The molecule has 0 spiro atoms. The van der Waals surface area contributed by atoms with Crippen LogP contribution in [0.5, 0.6) is 5.75 Å². The van der Waals surface area contributed by atoms with E-state index in [9.17, 15) is 4.79 Å². The number of para-hydroxylation sites is 1. The largest absolute Gasteiger partial charge is 0.497 e. The minimum atomic E-state index is 0.0355. The molecule has 0 fully saturated rings. The van der Waals surface area contributed by atoms with Gasteiger partial charge in [0.05, 0.1) is 13.2 Å². The van der Waals surface area contributed by atoms with E-state index in [1.54, 1.807) is 7.11 Å². The summed E-state index contributed by atoms with van der Waals surface area (Å²) in [5.74, 6) is 1.02. The van der Waals surface area contributed by atoms with Crippen LogP contribution in [0.3, 0.4) is 0 Å². The lowest BCUT2D eigenvalue weighted by molar-refractivity contribution is 0.0972. The van der Waals surface area contributed by atoms with Crippen molar-refractivity contribution in [3.63, 3.8) is 0 Å². The number of rotatable bonds is 2. The third-order valence-electron chi connectivity index (χ3n) is 3.46. The van der Waals surface area contributed by atoms with Crippen molar-refractivity contribution in [3.05, 3.63) is 59.7 Å². The topological polar surface area (TPSA) is 38.3 Å². The Labute approximate surface area is 112 Å². The molecule has 0 amide bonds. The number of anilines is 1. The van der Waals surface area contributed by atoms with Crippen molar-refractivity contribution < 1.29 is 9.53 Å². The molecule has 96 valence electrons. The summed E-state index contributed by atoms with van der Waals surface area (Å²) in [6.07, 6.45) is 0.489. The van der Waals surface area contributed by atoms with E-state index in [4.69, 9.17) is 4.74 Å². The normalized spacial score (nSPS) is 17.5. The monoisotopic (exact) mass is 253 g/mol. The second-order valence-electron chi connectivity index (χ2n) is 4.64. The Morgan fingerprint density at radius 3 is 2.58 bits per heavy atom. The molecule has 3 heteroatoms. The molecule has 0 saturated heterocycles. The first kappa shape index (κ1) is 11.8. The van der Waals surface area contributed by atoms with E-state index in [0.717, 1.165) is 22.6 Å². The van der Waals surface area contributed by atoms with Crippen LogP contribution in [0.15, 0.2) is 48.5 Å². The van der Waals surface area contributed by atoms with Crippen LogP contribution >= 0.6 is 0 Å².